The lowest BCUT2D eigenvalue weighted by Crippen LogP contribution is -2.20. The van der Waals surface area contributed by atoms with Gasteiger partial charge in [0.1, 0.15) is 4.99 Å². The summed E-state index contributed by atoms with van der Waals surface area (Å²) in [5, 5.41) is 3.56. The van der Waals surface area contributed by atoms with Crippen molar-refractivity contribution in [2.24, 2.45) is 11.7 Å². The molecule has 18 heavy (non-hydrogen) atoms. The quantitative estimate of drug-likeness (QED) is 0.616. The summed E-state index contributed by atoms with van der Waals surface area (Å²) in [5.74, 6) is 0.921. The Bertz CT molecular complexity index is 441. The Morgan fingerprint density at radius 1 is 1.56 bits per heavy atom. The van der Waals surface area contributed by atoms with Crippen LogP contribution in [0.15, 0.2) is 23.1 Å². The van der Waals surface area contributed by atoms with Crippen LogP contribution < -0.4 is 11.1 Å². The Morgan fingerprint density at radius 2 is 2.28 bits per heavy atom. The van der Waals surface area contributed by atoms with Gasteiger partial charge in [-0.3, -0.25) is 0 Å². The molecule has 0 aliphatic heterocycles. The Hall–Kier alpha value is -0.740. The van der Waals surface area contributed by atoms with Crippen molar-refractivity contribution in [2.75, 3.05) is 11.6 Å². The third-order valence-corrected chi connectivity index (χ3v) is 4.26. The molecule has 0 bridgehead atoms. The predicted molar refractivity (Wildman–Crippen MR) is 84.5 cm³/mol. The molecule has 1 aliphatic rings. The molecule has 0 heterocycles. The second-order valence-electron chi connectivity index (χ2n) is 4.97. The van der Waals surface area contributed by atoms with Crippen LogP contribution in [-0.4, -0.2) is 17.3 Å². The smallest absolute Gasteiger partial charge is 0.107 e. The zero-order valence-corrected chi connectivity index (χ0v) is 12.5. The van der Waals surface area contributed by atoms with Gasteiger partial charge in [-0.2, -0.15) is 0 Å². The fourth-order valence-electron chi connectivity index (χ4n) is 2.25. The van der Waals surface area contributed by atoms with Crippen LogP contribution in [0.25, 0.3) is 0 Å². The Morgan fingerprint density at radius 3 is 2.83 bits per heavy atom. The Balaban J connectivity index is 2.17. The SMILES string of the molecule is CSc1cccc(NC(C)CC2CC2)c1C(N)=S. The molecule has 1 aromatic carbocycles. The number of thioether (sulfide) groups is 1. The first-order valence-corrected chi connectivity index (χ1v) is 7.98. The normalized spacial score (nSPS) is 16.3. The summed E-state index contributed by atoms with van der Waals surface area (Å²) in [7, 11) is 0. The van der Waals surface area contributed by atoms with Gasteiger partial charge in [-0.1, -0.05) is 31.1 Å². The van der Waals surface area contributed by atoms with Gasteiger partial charge in [0.05, 0.1) is 0 Å². The van der Waals surface area contributed by atoms with E-state index in [4.69, 9.17) is 18.0 Å². The van der Waals surface area contributed by atoms with E-state index in [1.54, 1.807) is 11.8 Å². The minimum Gasteiger partial charge on any atom is -0.389 e. The molecule has 1 saturated carbocycles. The van der Waals surface area contributed by atoms with E-state index >= 15 is 0 Å². The highest BCUT2D eigenvalue weighted by Crippen LogP contribution is 2.35. The van der Waals surface area contributed by atoms with Crippen molar-refractivity contribution in [1.82, 2.24) is 0 Å². The fourth-order valence-corrected chi connectivity index (χ4v) is 3.18. The van der Waals surface area contributed by atoms with E-state index in [0.717, 1.165) is 22.1 Å². The van der Waals surface area contributed by atoms with Crippen molar-refractivity contribution >= 4 is 34.7 Å². The fraction of sp³-hybridized carbons (Fsp3) is 0.500. The lowest BCUT2D eigenvalue weighted by Gasteiger charge is -2.19. The van der Waals surface area contributed by atoms with Crippen LogP contribution >= 0.6 is 24.0 Å². The molecule has 98 valence electrons. The molecule has 4 heteroatoms. The van der Waals surface area contributed by atoms with Crippen LogP contribution in [0.5, 0.6) is 0 Å². The molecular formula is C14H20N2S2. The van der Waals surface area contributed by atoms with E-state index < -0.39 is 0 Å². The maximum absolute atomic E-state index is 5.86. The molecule has 1 fully saturated rings. The minimum atomic E-state index is 0.473. The molecule has 1 aliphatic carbocycles. The number of thiocarbonyl (C=S) groups is 1. The molecule has 1 atom stereocenters. The molecule has 0 saturated heterocycles. The van der Waals surface area contributed by atoms with Crippen molar-refractivity contribution in [1.29, 1.82) is 0 Å². The minimum absolute atomic E-state index is 0.473. The summed E-state index contributed by atoms with van der Waals surface area (Å²) < 4.78 is 0. The number of nitrogens with two attached hydrogens (primary N) is 1. The summed E-state index contributed by atoms with van der Waals surface area (Å²) in [6, 6.07) is 6.66. The number of anilines is 1. The standard InChI is InChI=1S/C14H20N2S2/c1-9(8-10-6-7-10)16-11-4-3-5-12(18-2)13(11)14(15)17/h3-5,9-10,16H,6-8H2,1-2H3,(H2,15,17). The molecular weight excluding hydrogens is 260 g/mol. The molecule has 1 aromatic rings. The Kier molecular flexibility index (Phi) is 4.51. The number of benzene rings is 1. The second-order valence-corrected chi connectivity index (χ2v) is 6.26. The predicted octanol–water partition coefficient (Wildman–Crippen LogP) is 3.64. The van der Waals surface area contributed by atoms with Gasteiger partial charge in [0, 0.05) is 22.2 Å². The number of rotatable bonds is 6. The highest BCUT2D eigenvalue weighted by molar-refractivity contribution is 7.98. The van der Waals surface area contributed by atoms with Crippen molar-refractivity contribution in [2.45, 2.75) is 37.1 Å². The van der Waals surface area contributed by atoms with Crippen molar-refractivity contribution in [3.8, 4) is 0 Å². The summed E-state index contributed by atoms with van der Waals surface area (Å²) in [6.45, 7) is 2.23. The number of hydrogen-bond donors (Lipinski definition) is 2. The van der Waals surface area contributed by atoms with Crippen LogP contribution in [0.2, 0.25) is 0 Å². The summed E-state index contributed by atoms with van der Waals surface area (Å²) in [4.78, 5) is 1.62. The molecule has 2 rings (SSSR count). The first kappa shape index (κ1) is 13.7. The summed E-state index contributed by atoms with van der Waals surface area (Å²) in [5.41, 5.74) is 7.92. The van der Waals surface area contributed by atoms with Gasteiger partial charge in [0.15, 0.2) is 0 Å². The van der Waals surface area contributed by atoms with Crippen LogP contribution in [0.4, 0.5) is 5.69 Å². The first-order chi connectivity index (χ1) is 8.61. The van der Waals surface area contributed by atoms with E-state index in [2.05, 4.69) is 36.7 Å². The monoisotopic (exact) mass is 280 g/mol. The molecule has 0 spiro atoms. The molecule has 0 amide bonds. The van der Waals surface area contributed by atoms with Gasteiger partial charge in [0.2, 0.25) is 0 Å². The third-order valence-electron chi connectivity index (χ3n) is 3.28. The van der Waals surface area contributed by atoms with Gasteiger partial charge in [0.25, 0.3) is 0 Å². The van der Waals surface area contributed by atoms with Gasteiger partial charge in [-0.25, -0.2) is 0 Å². The van der Waals surface area contributed by atoms with E-state index in [-0.39, 0.29) is 0 Å². The average molecular weight is 280 g/mol. The summed E-state index contributed by atoms with van der Waals surface area (Å²) >= 11 is 6.86. The van der Waals surface area contributed by atoms with Crippen LogP contribution in [0.1, 0.15) is 31.7 Å². The molecule has 2 nitrogen and oxygen atoms in total. The molecule has 0 aromatic heterocycles. The third kappa shape index (κ3) is 3.39. The average Bonchev–Trinajstić information content (AvgIpc) is 3.11. The second kappa shape index (κ2) is 5.93. The van der Waals surface area contributed by atoms with Crippen molar-refractivity contribution in [3.05, 3.63) is 23.8 Å². The molecule has 0 radical (unpaired) electrons. The van der Waals surface area contributed by atoms with Gasteiger partial charge in [-0.15, -0.1) is 11.8 Å². The van der Waals surface area contributed by atoms with Crippen molar-refractivity contribution < 1.29 is 0 Å². The first-order valence-electron chi connectivity index (χ1n) is 6.35. The lowest BCUT2D eigenvalue weighted by molar-refractivity contribution is 0.642. The van der Waals surface area contributed by atoms with Gasteiger partial charge in [-0.05, 0) is 37.7 Å². The maximum atomic E-state index is 5.86. The van der Waals surface area contributed by atoms with Crippen molar-refractivity contribution in [3.63, 3.8) is 0 Å². The Labute approximate surface area is 119 Å². The number of hydrogen-bond acceptors (Lipinski definition) is 3. The van der Waals surface area contributed by atoms with Crippen LogP contribution in [0.3, 0.4) is 0 Å². The highest BCUT2D eigenvalue weighted by atomic mass is 32.2. The van der Waals surface area contributed by atoms with E-state index in [1.165, 1.54) is 19.3 Å². The van der Waals surface area contributed by atoms with E-state index in [9.17, 15) is 0 Å². The highest BCUT2D eigenvalue weighted by Gasteiger charge is 2.24. The maximum Gasteiger partial charge on any atom is 0.107 e. The molecule has 3 N–H and O–H groups in total. The van der Waals surface area contributed by atoms with E-state index in [1.807, 2.05) is 0 Å². The van der Waals surface area contributed by atoms with Gasteiger partial charge >= 0.3 is 0 Å². The van der Waals surface area contributed by atoms with E-state index in [0.29, 0.717) is 11.0 Å². The topological polar surface area (TPSA) is 38.0 Å². The largest absolute Gasteiger partial charge is 0.389 e. The van der Waals surface area contributed by atoms with Crippen LogP contribution in [0, 0.1) is 5.92 Å². The number of nitrogens with one attached hydrogen (secondary N) is 1. The van der Waals surface area contributed by atoms with Crippen LogP contribution in [-0.2, 0) is 0 Å². The summed E-state index contributed by atoms with van der Waals surface area (Å²) in [6.07, 6.45) is 6.06. The zero-order valence-electron chi connectivity index (χ0n) is 10.9. The molecule has 1 unspecified atom stereocenters. The van der Waals surface area contributed by atoms with Gasteiger partial charge < -0.3 is 11.1 Å². The zero-order chi connectivity index (χ0) is 13.1. The lowest BCUT2D eigenvalue weighted by atomic mass is 10.1.